The van der Waals surface area contributed by atoms with Crippen molar-refractivity contribution in [3.8, 4) is 5.75 Å². The van der Waals surface area contributed by atoms with Crippen molar-refractivity contribution in [3.63, 3.8) is 0 Å². The van der Waals surface area contributed by atoms with Crippen LogP contribution < -0.4 is 14.4 Å². The molecule has 6 rings (SSSR count). The van der Waals surface area contributed by atoms with Crippen LogP contribution in [0.5, 0.6) is 5.75 Å². The molecule has 1 N–H and O–H groups in total. The molecule has 0 aliphatic heterocycles. The quantitative estimate of drug-likeness (QED) is 0.354. The lowest BCUT2D eigenvalue weighted by Gasteiger charge is -2.57. The van der Waals surface area contributed by atoms with E-state index in [-0.39, 0.29) is 23.9 Å². The minimum atomic E-state index is -3.79. The van der Waals surface area contributed by atoms with Gasteiger partial charge >= 0.3 is 0 Å². The number of carbonyl (C=O) groups excluding carboxylic acids is 2. The van der Waals surface area contributed by atoms with Crippen LogP contribution in [0.2, 0.25) is 0 Å². The lowest BCUT2D eigenvalue weighted by molar-refractivity contribution is -0.140. The van der Waals surface area contributed by atoms with Gasteiger partial charge in [0.05, 0.1) is 19.1 Å². The second-order valence-electron chi connectivity index (χ2n) is 13.5. The highest BCUT2D eigenvalue weighted by Crippen LogP contribution is 2.60. The van der Waals surface area contributed by atoms with E-state index in [1.54, 1.807) is 7.11 Å². The summed E-state index contributed by atoms with van der Waals surface area (Å²) in [6.07, 6.45) is 9.27. The Kier molecular flexibility index (Phi) is 9.12. The van der Waals surface area contributed by atoms with Crippen LogP contribution in [0, 0.1) is 17.8 Å². The van der Waals surface area contributed by atoms with Crippen molar-refractivity contribution in [1.82, 2.24) is 10.2 Å². The number of hydrogen-bond donors (Lipinski definition) is 1. The number of carbonyl (C=O) groups is 2. The average Bonchev–Trinajstić information content (AvgIpc) is 2.94. The van der Waals surface area contributed by atoms with E-state index >= 15 is 0 Å². The zero-order valence-electron chi connectivity index (χ0n) is 26.2. The van der Waals surface area contributed by atoms with Gasteiger partial charge in [-0.25, -0.2) is 8.42 Å². The molecule has 4 bridgehead atoms. The third-order valence-corrected chi connectivity index (χ3v) is 10.9. The minimum absolute atomic E-state index is 0.102. The Hall–Kier alpha value is -3.07. The van der Waals surface area contributed by atoms with Crippen molar-refractivity contribution in [2.45, 2.75) is 89.8 Å². The van der Waals surface area contributed by atoms with Crippen molar-refractivity contribution in [3.05, 3.63) is 59.7 Å². The van der Waals surface area contributed by atoms with Crippen molar-refractivity contribution in [2.24, 2.45) is 17.8 Å². The summed E-state index contributed by atoms with van der Waals surface area (Å²) in [6, 6.07) is 14.4. The highest BCUT2D eigenvalue weighted by molar-refractivity contribution is 7.92. The minimum Gasteiger partial charge on any atom is -0.497 e. The van der Waals surface area contributed by atoms with Gasteiger partial charge in [-0.05, 0) is 117 Å². The number of rotatable bonds is 12. The van der Waals surface area contributed by atoms with Gasteiger partial charge in [-0.2, -0.15) is 0 Å². The molecular weight excluding hydrogens is 562 g/mol. The Morgan fingerprint density at radius 3 is 2.12 bits per heavy atom. The van der Waals surface area contributed by atoms with E-state index in [1.807, 2.05) is 57.2 Å². The van der Waals surface area contributed by atoms with Gasteiger partial charge < -0.3 is 15.0 Å². The Morgan fingerprint density at radius 2 is 1.60 bits per heavy atom. The number of amides is 2. The van der Waals surface area contributed by atoms with Crippen molar-refractivity contribution < 1.29 is 22.7 Å². The molecule has 9 heteroatoms. The third kappa shape index (κ3) is 6.87. The Balaban J connectivity index is 1.41. The van der Waals surface area contributed by atoms with Crippen LogP contribution in [0.25, 0.3) is 0 Å². The fraction of sp³-hybridized carbons (Fsp3) is 0.588. The number of anilines is 1. The van der Waals surface area contributed by atoms with Gasteiger partial charge in [0.2, 0.25) is 21.8 Å². The summed E-state index contributed by atoms with van der Waals surface area (Å²) in [6.45, 7) is 5.34. The summed E-state index contributed by atoms with van der Waals surface area (Å²) >= 11 is 0. The fourth-order valence-electron chi connectivity index (χ4n) is 8.33. The smallest absolute Gasteiger partial charge is 0.244 e. The molecule has 4 fully saturated rings. The van der Waals surface area contributed by atoms with Crippen molar-refractivity contribution in [1.29, 1.82) is 0 Å². The van der Waals surface area contributed by atoms with E-state index in [1.165, 1.54) is 53.3 Å². The summed E-state index contributed by atoms with van der Waals surface area (Å²) in [5.41, 5.74) is 2.75. The van der Waals surface area contributed by atoms with Crippen LogP contribution >= 0.6 is 0 Å². The van der Waals surface area contributed by atoms with Crippen LogP contribution in [0.3, 0.4) is 0 Å². The third-order valence-electron chi connectivity index (χ3n) is 9.79. The van der Waals surface area contributed by atoms with Gasteiger partial charge in [-0.1, -0.05) is 31.2 Å². The molecule has 1 atom stereocenters. The molecule has 4 aliphatic carbocycles. The van der Waals surface area contributed by atoms with E-state index < -0.39 is 28.5 Å². The predicted octanol–water partition coefficient (Wildman–Crippen LogP) is 5.26. The van der Waals surface area contributed by atoms with Crippen molar-refractivity contribution >= 4 is 27.5 Å². The van der Waals surface area contributed by atoms with Crippen LogP contribution in [0.4, 0.5) is 5.69 Å². The molecule has 2 aromatic carbocycles. The number of nitrogens with zero attached hydrogens (tertiary/aromatic N) is 2. The van der Waals surface area contributed by atoms with E-state index in [0.717, 1.165) is 29.6 Å². The first-order chi connectivity index (χ1) is 20.4. The lowest BCUT2D eigenvalue weighted by atomic mass is 9.48. The number of hydrogen-bond acceptors (Lipinski definition) is 5. The average molecular weight is 610 g/mol. The molecule has 4 aliphatic rings. The molecule has 2 aromatic rings. The van der Waals surface area contributed by atoms with E-state index in [0.29, 0.717) is 17.9 Å². The molecule has 0 spiro atoms. The number of nitrogens with one attached hydrogen (secondary N) is 1. The molecule has 0 aromatic heterocycles. The molecule has 0 heterocycles. The lowest BCUT2D eigenvalue weighted by Crippen LogP contribution is -2.53. The summed E-state index contributed by atoms with van der Waals surface area (Å²) in [7, 11) is -2.22. The summed E-state index contributed by atoms with van der Waals surface area (Å²) < 4.78 is 32.8. The summed E-state index contributed by atoms with van der Waals surface area (Å²) in [5, 5.41) is 2.92. The van der Waals surface area contributed by atoms with Crippen LogP contribution in [-0.2, 0) is 31.6 Å². The topological polar surface area (TPSA) is 96.0 Å². The zero-order valence-corrected chi connectivity index (χ0v) is 27.0. The summed E-state index contributed by atoms with van der Waals surface area (Å²) in [4.78, 5) is 28.8. The molecular formula is C34H47N3O5S. The van der Waals surface area contributed by atoms with E-state index in [4.69, 9.17) is 4.74 Å². The Bertz CT molecular complexity index is 1390. The van der Waals surface area contributed by atoms with E-state index in [9.17, 15) is 18.0 Å². The largest absolute Gasteiger partial charge is 0.497 e. The molecule has 8 nitrogen and oxygen atoms in total. The molecule has 234 valence electrons. The molecule has 43 heavy (non-hydrogen) atoms. The predicted molar refractivity (Wildman–Crippen MR) is 169 cm³/mol. The molecule has 0 saturated heterocycles. The standard InChI is InChI=1S/C34H47N3O5S/c1-6-31(33(39)35-23(2)3)36(21-24-8-7-9-30(17-24)42-4)32(38)22-37(43(5,40)41)29-12-10-28(11-13-29)34-18-25-14-26(19-34)16-27(15-25)20-34/h7-13,17,23,25-27,31H,6,14-16,18-22H2,1-5H3,(H,35,39)/t25?,26?,27?,31-,34?/m0/s1. The Labute approximate surface area is 257 Å². The van der Waals surface area contributed by atoms with Gasteiger partial charge in [0.25, 0.3) is 0 Å². The number of ether oxygens (including phenoxy) is 1. The monoisotopic (exact) mass is 609 g/mol. The SMILES string of the molecule is CC[C@@H](C(=O)NC(C)C)N(Cc1cccc(OC)c1)C(=O)CN(c1ccc(C23CC4CC(CC(C4)C2)C3)cc1)S(C)(=O)=O. The molecule has 0 unspecified atom stereocenters. The molecule has 4 saturated carbocycles. The van der Waals surface area contributed by atoms with Gasteiger partial charge in [0, 0.05) is 12.6 Å². The first-order valence-corrected chi connectivity index (χ1v) is 17.6. The number of sulfonamides is 1. The fourth-order valence-corrected chi connectivity index (χ4v) is 9.18. The van der Waals surface area contributed by atoms with Crippen LogP contribution in [0.15, 0.2) is 48.5 Å². The number of methoxy groups -OCH3 is 1. The second-order valence-corrected chi connectivity index (χ2v) is 15.4. The molecule has 2 amide bonds. The van der Waals surface area contributed by atoms with Gasteiger partial charge in [0.15, 0.2) is 0 Å². The number of benzene rings is 2. The normalized spacial score (nSPS) is 24.9. The van der Waals surface area contributed by atoms with Gasteiger partial charge in [-0.3, -0.25) is 13.9 Å². The van der Waals surface area contributed by atoms with Gasteiger partial charge in [-0.15, -0.1) is 0 Å². The summed E-state index contributed by atoms with van der Waals surface area (Å²) in [5.74, 6) is 2.37. The highest BCUT2D eigenvalue weighted by Gasteiger charge is 2.51. The maximum absolute atomic E-state index is 14.0. The first kappa shape index (κ1) is 31.4. The molecule has 0 radical (unpaired) electrons. The van der Waals surface area contributed by atoms with Crippen LogP contribution in [0.1, 0.15) is 76.8 Å². The maximum Gasteiger partial charge on any atom is 0.244 e. The maximum atomic E-state index is 14.0. The van der Waals surface area contributed by atoms with Crippen molar-refractivity contribution in [2.75, 3.05) is 24.2 Å². The highest BCUT2D eigenvalue weighted by atomic mass is 32.2. The second kappa shape index (κ2) is 12.5. The van der Waals surface area contributed by atoms with E-state index in [2.05, 4.69) is 17.4 Å². The first-order valence-electron chi connectivity index (χ1n) is 15.7. The Morgan fingerprint density at radius 1 is 1.00 bits per heavy atom. The van der Waals surface area contributed by atoms with Gasteiger partial charge in [0.1, 0.15) is 18.3 Å². The zero-order chi connectivity index (χ0) is 30.9. The van der Waals surface area contributed by atoms with Crippen LogP contribution in [-0.4, -0.2) is 57.1 Å².